The number of nitrogens with one attached hydrogen (secondary N) is 2. The van der Waals surface area contributed by atoms with Gasteiger partial charge < -0.3 is 10.3 Å². The van der Waals surface area contributed by atoms with E-state index >= 15 is 0 Å². The summed E-state index contributed by atoms with van der Waals surface area (Å²) in [4.78, 5) is 31.9. The second-order valence-corrected chi connectivity index (χ2v) is 4.98. The zero-order valence-corrected chi connectivity index (χ0v) is 11.2. The Labute approximate surface area is 116 Å². The standard InChI is InChI=1S/C14H16N4O2/c1-18-12(19)5-4-11(14(18)20)16-7-9-8-17-13-10(9)3-2-6-15-13/h2-3,6,8,11,16H,4-5,7H2,1H3,(H,15,17). The molecular formula is C14H16N4O2. The Morgan fingerprint density at radius 1 is 1.50 bits per heavy atom. The zero-order chi connectivity index (χ0) is 14.1. The van der Waals surface area contributed by atoms with Gasteiger partial charge in [0.15, 0.2) is 0 Å². The number of aromatic amines is 1. The fourth-order valence-electron chi connectivity index (χ4n) is 2.50. The van der Waals surface area contributed by atoms with Crippen LogP contribution in [0.1, 0.15) is 18.4 Å². The molecule has 3 heterocycles. The molecule has 1 aliphatic rings. The molecule has 2 aromatic rings. The van der Waals surface area contributed by atoms with E-state index in [0.29, 0.717) is 19.4 Å². The Morgan fingerprint density at radius 2 is 2.35 bits per heavy atom. The number of aromatic nitrogens is 2. The van der Waals surface area contributed by atoms with Crippen molar-refractivity contribution in [2.75, 3.05) is 7.05 Å². The van der Waals surface area contributed by atoms with E-state index in [-0.39, 0.29) is 17.9 Å². The van der Waals surface area contributed by atoms with Crippen LogP contribution in [0, 0.1) is 0 Å². The summed E-state index contributed by atoms with van der Waals surface area (Å²) in [7, 11) is 1.54. The van der Waals surface area contributed by atoms with Crippen molar-refractivity contribution < 1.29 is 9.59 Å². The largest absolute Gasteiger partial charge is 0.346 e. The minimum absolute atomic E-state index is 0.107. The molecule has 1 unspecified atom stereocenters. The molecule has 3 rings (SSSR count). The van der Waals surface area contributed by atoms with Gasteiger partial charge in [0.2, 0.25) is 11.8 Å². The molecule has 20 heavy (non-hydrogen) atoms. The monoisotopic (exact) mass is 272 g/mol. The zero-order valence-electron chi connectivity index (χ0n) is 11.2. The van der Waals surface area contributed by atoms with Crippen molar-refractivity contribution in [3.8, 4) is 0 Å². The van der Waals surface area contributed by atoms with Gasteiger partial charge in [0.25, 0.3) is 0 Å². The maximum absolute atomic E-state index is 12.0. The molecule has 1 saturated heterocycles. The first-order chi connectivity index (χ1) is 9.66. The molecule has 104 valence electrons. The molecule has 1 atom stereocenters. The first-order valence-corrected chi connectivity index (χ1v) is 6.61. The quantitative estimate of drug-likeness (QED) is 0.810. The average molecular weight is 272 g/mol. The Morgan fingerprint density at radius 3 is 3.20 bits per heavy atom. The van der Waals surface area contributed by atoms with E-state index < -0.39 is 0 Å². The van der Waals surface area contributed by atoms with Crippen LogP contribution in [0.25, 0.3) is 11.0 Å². The summed E-state index contributed by atoms with van der Waals surface area (Å²) in [5, 5.41) is 4.27. The number of fused-ring (bicyclic) bond motifs is 1. The molecule has 0 aromatic carbocycles. The number of imide groups is 1. The molecule has 0 spiro atoms. The van der Waals surface area contributed by atoms with Crippen LogP contribution in [-0.2, 0) is 16.1 Å². The van der Waals surface area contributed by atoms with Crippen LogP contribution < -0.4 is 5.32 Å². The second-order valence-electron chi connectivity index (χ2n) is 4.98. The number of carbonyl (C=O) groups excluding carboxylic acids is 2. The van der Waals surface area contributed by atoms with Gasteiger partial charge >= 0.3 is 0 Å². The number of nitrogens with zero attached hydrogens (tertiary/aromatic N) is 2. The number of pyridine rings is 1. The molecule has 0 saturated carbocycles. The van der Waals surface area contributed by atoms with E-state index in [4.69, 9.17) is 0 Å². The lowest BCUT2D eigenvalue weighted by molar-refractivity contribution is -0.148. The van der Waals surface area contributed by atoms with Gasteiger partial charge in [-0.15, -0.1) is 0 Å². The molecule has 2 aromatic heterocycles. The van der Waals surface area contributed by atoms with Gasteiger partial charge in [-0.05, 0) is 24.1 Å². The van der Waals surface area contributed by atoms with Crippen molar-refractivity contribution >= 4 is 22.8 Å². The number of amides is 2. The lowest BCUT2D eigenvalue weighted by Crippen LogP contribution is -2.51. The van der Waals surface area contributed by atoms with Crippen LogP contribution in [0.15, 0.2) is 24.5 Å². The van der Waals surface area contributed by atoms with Crippen molar-refractivity contribution in [2.24, 2.45) is 0 Å². The van der Waals surface area contributed by atoms with Crippen molar-refractivity contribution in [3.63, 3.8) is 0 Å². The fourth-order valence-corrected chi connectivity index (χ4v) is 2.50. The molecule has 0 aliphatic carbocycles. The molecule has 6 heteroatoms. The third-order valence-electron chi connectivity index (χ3n) is 3.73. The Balaban J connectivity index is 1.71. The molecule has 1 aliphatic heterocycles. The van der Waals surface area contributed by atoms with Crippen LogP contribution in [-0.4, -0.2) is 39.8 Å². The van der Waals surface area contributed by atoms with Crippen LogP contribution in [0.3, 0.4) is 0 Å². The highest BCUT2D eigenvalue weighted by Gasteiger charge is 2.31. The summed E-state index contributed by atoms with van der Waals surface area (Å²) in [5.74, 6) is -0.261. The lowest BCUT2D eigenvalue weighted by Gasteiger charge is -2.28. The number of H-pyrrole nitrogens is 1. The maximum Gasteiger partial charge on any atom is 0.246 e. The van der Waals surface area contributed by atoms with Gasteiger partial charge in [0.1, 0.15) is 5.65 Å². The number of hydrogen-bond donors (Lipinski definition) is 2. The van der Waals surface area contributed by atoms with Gasteiger partial charge in [-0.3, -0.25) is 14.5 Å². The summed E-state index contributed by atoms with van der Waals surface area (Å²) in [6.07, 6.45) is 4.60. The Bertz CT molecular complexity index is 664. The molecule has 2 N–H and O–H groups in total. The van der Waals surface area contributed by atoms with E-state index in [0.717, 1.165) is 16.6 Å². The van der Waals surface area contributed by atoms with E-state index in [1.54, 1.807) is 6.20 Å². The Hall–Kier alpha value is -2.21. The minimum Gasteiger partial charge on any atom is -0.346 e. The topological polar surface area (TPSA) is 78.1 Å². The van der Waals surface area contributed by atoms with Crippen LogP contribution in [0.5, 0.6) is 0 Å². The molecule has 2 amide bonds. The number of hydrogen-bond acceptors (Lipinski definition) is 4. The van der Waals surface area contributed by atoms with Gasteiger partial charge in [-0.25, -0.2) is 4.98 Å². The molecule has 1 fully saturated rings. The number of likely N-dealkylation sites (N-methyl/N-ethyl adjacent to an activating group) is 1. The third-order valence-corrected chi connectivity index (χ3v) is 3.73. The highest BCUT2D eigenvalue weighted by atomic mass is 16.2. The molecule has 0 bridgehead atoms. The van der Waals surface area contributed by atoms with Crippen molar-refractivity contribution in [2.45, 2.75) is 25.4 Å². The van der Waals surface area contributed by atoms with Crippen molar-refractivity contribution in [1.82, 2.24) is 20.2 Å². The molecule has 6 nitrogen and oxygen atoms in total. The van der Waals surface area contributed by atoms with E-state index in [1.165, 1.54) is 11.9 Å². The van der Waals surface area contributed by atoms with Crippen molar-refractivity contribution in [3.05, 3.63) is 30.1 Å². The highest BCUT2D eigenvalue weighted by Crippen LogP contribution is 2.17. The van der Waals surface area contributed by atoms with Gasteiger partial charge in [0, 0.05) is 37.8 Å². The first kappa shape index (κ1) is 12.8. The Kier molecular flexibility index (Phi) is 3.23. The second kappa shape index (κ2) is 5.05. The number of carbonyl (C=O) groups is 2. The molecule has 0 radical (unpaired) electrons. The molecular weight excluding hydrogens is 256 g/mol. The van der Waals surface area contributed by atoms with E-state index in [9.17, 15) is 9.59 Å². The summed E-state index contributed by atoms with van der Waals surface area (Å²) in [5.41, 5.74) is 1.91. The van der Waals surface area contributed by atoms with E-state index in [1.807, 2.05) is 18.3 Å². The average Bonchev–Trinajstić information content (AvgIpc) is 2.87. The number of rotatable bonds is 3. The predicted molar refractivity (Wildman–Crippen MR) is 73.7 cm³/mol. The normalized spacial score (nSPS) is 19.9. The predicted octanol–water partition coefficient (Wildman–Crippen LogP) is 0.800. The third kappa shape index (κ3) is 2.18. The van der Waals surface area contributed by atoms with Crippen molar-refractivity contribution in [1.29, 1.82) is 0 Å². The highest BCUT2D eigenvalue weighted by molar-refractivity contribution is 6.00. The first-order valence-electron chi connectivity index (χ1n) is 6.61. The fraction of sp³-hybridized carbons (Fsp3) is 0.357. The van der Waals surface area contributed by atoms with Gasteiger partial charge in [-0.2, -0.15) is 0 Å². The van der Waals surface area contributed by atoms with Crippen LogP contribution >= 0.6 is 0 Å². The lowest BCUT2D eigenvalue weighted by atomic mass is 10.0. The summed E-state index contributed by atoms with van der Waals surface area (Å²) in [6.45, 7) is 0.574. The summed E-state index contributed by atoms with van der Waals surface area (Å²) >= 11 is 0. The van der Waals surface area contributed by atoms with Crippen LogP contribution in [0.4, 0.5) is 0 Å². The summed E-state index contributed by atoms with van der Waals surface area (Å²) in [6, 6.07) is 3.59. The van der Waals surface area contributed by atoms with E-state index in [2.05, 4.69) is 15.3 Å². The maximum atomic E-state index is 12.0. The number of piperidine rings is 1. The van der Waals surface area contributed by atoms with Crippen LogP contribution in [0.2, 0.25) is 0 Å². The summed E-state index contributed by atoms with van der Waals surface area (Å²) < 4.78 is 0. The van der Waals surface area contributed by atoms with Gasteiger partial charge in [0.05, 0.1) is 6.04 Å². The smallest absolute Gasteiger partial charge is 0.246 e. The minimum atomic E-state index is -0.292. The number of likely N-dealkylation sites (tertiary alicyclic amines) is 1. The van der Waals surface area contributed by atoms with Gasteiger partial charge in [-0.1, -0.05) is 0 Å². The SMILES string of the molecule is CN1C(=O)CCC(NCc2c[nH]c3ncccc23)C1=O.